The molecule has 0 aliphatic rings. The van der Waals surface area contributed by atoms with Crippen molar-refractivity contribution >= 4 is 5.97 Å². The molecule has 0 heterocycles. The molecule has 0 radical (unpaired) electrons. The van der Waals surface area contributed by atoms with Crippen LogP contribution in [0.5, 0.6) is 11.5 Å². The van der Waals surface area contributed by atoms with Gasteiger partial charge < -0.3 is 14.6 Å². The smallest absolute Gasteiger partial charge is 0.337 e. The van der Waals surface area contributed by atoms with E-state index in [4.69, 9.17) is 4.74 Å². The van der Waals surface area contributed by atoms with Crippen LogP contribution in [0.25, 0.3) is 0 Å². The number of ether oxygens (including phenoxy) is 2. The van der Waals surface area contributed by atoms with Gasteiger partial charge in [-0.25, -0.2) is 4.79 Å². The molecule has 0 fully saturated rings. The Hall–Kier alpha value is -1.71. The third-order valence-corrected chi connectivity index (χ3v) is 4.14. The second kappa shape index (κ2) is 12.7. The van der Waals surface area contributed by atoms with Crippen molar-refractivity contribution in [3.63, 3.8) is 0 Å². The van der Waals surface area contributed by atoms with Gasteiger partial charge in [0.1, 0.15) is 0 Å². The molecule has 0 saturated heterocycles. The van der Waals surface area contributed by atoms with Gasteiger partial charge in [0.2, 0.25) is 0 Å². The number of carbonyl (C=O) groups excluding carboxylic acids is 1. The predicted molar refractivity (Wildman–Crippen MR) is 96.8 cm³/mol. The first-order valence-corrected chi connectivity index (χ1v) is 9.23. The summed E-state index contributed by atoms with van der Waals surface area (Å²) in [7, 11) is 1.33. The summed E-state index contributed by atoms with van der Waals surface area (Å²) >= 11 is 0. The maximum atomic E-state index is 11.5. The van der Waals surface area contributed by atoms with Crippen molar-refractivity contribution in [1.82, 2.24) is 0 Å². The van der Waals surface area contributed by atoms with Crippen LogP contribution in [0.3, 0.4) is 0 Å². The summed E-state index contributed by atoms with van der Waals surface area (Å²) in [4.78, 5) is 11.5. The minimum Gasteiger partial charge on any atom is -0.504 e. The van der Waals surface area contributed by atoms with Crippen molar-refractivity contribution in [1.29, 1.82) is 0 Å². The quantitative estimate of drug-likeness (QED) is 0.383. The van der Waals surface area contributed by atoms with Crippen molar-refractivity contribution < 1.29 is 19.4 Å². The highest BCUT2D eigenvalue weighted by Crippen LogP contribution is 2.27. The Kier molecular flexibility index (Phi) is 10.7. The van der Waals surface area contributed by atoms with Crippen LogP contribution in [0.4, 0.5) is 0 Å². The van der Waals surface area contributed by atoms with Crippen LogP contribution < -0.4 is 4.74 Å². The fraction of sp³-hybridized carbons (Fsp3) is 0.650. The number of benzene rings is 1. The highest BCUT2D eigenvalue weighted by atomic mass is 16.5. The topological polar surface area (TPSA) is 55.8 Å². The van der Waals surface area contributed by atoms with Crippen molar-refractivity contribution in [3.05, 3.63) is 23.8 Å². The first kappa shape index (κ1) is 20.3. The van der Waals surface area contributed by atoms with Crippen LogP contribution in [-0.2, 0) is 4.74 Å². The fourth-order valence-corrected chi connectivity index (χ4v) is 2.65. The molecule has 4 heteroatoms. The van der Waals surface area contributed by atoms with Gasteiger partial charge in [-0.1, -0.05) is 64.7 Å². The summed E-state index contributed by atoms with van der Waals surface area (Å²) in [6, 6.07) is 4.51. The molecular formula is C20H32O4. The van der Waals surface area contributed by atoms with E-state index in [-0.39, 0.29) is 5.75 Å². The number of rotatable bonds is 13. The molecule has 24 heavy (non-hydrogen) atoms. The van der Waals surface area contributed by atoms with E-state index >= 15 is 0 Å². The molecule has 0 aromatic heterocycles. The summed E-state index contributed by atoms with van der Waals surface area (Å²) in [6.45, 7) is 2.79. The average Bonchev–Trinajstić information content (AvgIpc) is 2.60. The summed E-state index contributed by atoms with van der Waals surface area (Å²) in [5.74, 6) is -0.0395. The zero-order valence-corrected chi connectivity index (χ0v) is 15.2. The minimum atomic E-state index is -0.432. The molecule has 136 valence electrons. The second-order valence-corrected chi connectivity index (χ2v) is 6.20. The number of esters is 1. The Morgan fingerprint density at radius 2 is 1.54 bits per heavy atom. The lowest BCUT2D eigenvalue weighted by molar-refractivity contribution is 0.0600. The largest absolute Gasteiger partial charge is 0.504 e. The lowest BCUT2D eigenvalue weighted by Gasteiger charge is -2.09. The number of phenols is 1. The van der Waals surface area contributed by atoms with Crippen LogP contribution in [0.1, 0.15) is 81.5 Å². The molecule has 0 atom stereocenters. The average molecular weight is 336 g/mol. The normalized spacial score (nSPS) is 10.6. The monoisotopic (exact) mass is 336 g/mol. The van der Waals surface area contributed by atoms with E-state index in [1.807, 2.05) is 0 Å². The Bertz CT molecular complexity index is 471. The Morgan fingerprint density at radius 1 is 0.958 bits per heavy atom. The maximum absolute atomic E-state index is 11.5. The van der Waals surface area contributed by atoms with Crippen LogP contribution >= 0.6 is 0 Å². The highest BCUT2D eigenvalue weighted by Gasteiger charge is 2.10. The summed E-state index contributed by atoms with van der Waals surface area (Å²) < 4.78 is 10.3. The molecule has 1 rings (SSSR count). The zero-order chi connectivity index (χ0) is 17.6. The standard InChI is InChI=1S/C20H32O4/c1-3-4-5-6-7-8-9-10-11-12-15-24-19-16-17(20(22)23-2)13-14-18(19)21/h13-14,16,21H,3-12,15H2,1-2H3. The van der Waals surface area contributed by atoms with E-state index in [2.05, 4.69) is 11.7 Å². The summed E-state index contributed by atoms with van der Waals surface area (Å²) in [5.41, 5.74) is 0.383. The molecule has 1 aromatic carbocycles. The number of carbonyl (C=O) groups is 1. The number of hydrogen-bond acceptors (Lipinski definition) is 4. The van der Waals surface area contributed by atoms with Gasteiger partial charge in [0, 0.05) is 0 Å². The van der Waals surface area contributed by atoms with E-state index in [1.54, 1.807) is 0 Å². The van der Waals surface area contributed by atoms with Gasteiger partial charge in [-0.05, 0) is 24.6 Å². The van der Waals surface area contributed by atoms with Crippen molar-refractivity contribution in [2.45, 2.75) is 71.1 Å². The van der Waals surface area contributed by atoms with Crippen molar-refractivity contribution in [2.24, 2.45) is 0 Å². The SMILES string of the molecule is CCCCCCCCCCCCOc1cc(C(=O)OC)ccc1O. The van der Waals surface area contributed by atoms with Gasteiger partial charge in [-0.2, -0.15) is 0 Å². The number of unbranched alkanes of at least 4 members (excludes halogenated alkanes) is 9. The molecule has 0 amide bonds. The number of phenolic OH excluding ortho intramolecular Hbond substituents is 1. The third kappa shape index (κ3) is 8.23. The van der Waals surface area contributed by atoms with Crippen molar-refractivity contribution in [3.8, 4) is 11.5 Å². The van der Waals surface area contributed by atoms with E-state index in [0.29, 0.717) is 17.9 Å². The third-order valence-electron chi connectivity index (χ3n) is 4.14. The molecule has 4 nitrogen and oxygen atoms in total. The molecular weight excluding hydrogens is 304 g/mol. The van der Waals surface area contributed by atoms with Crippen LogP contribution in [0.2, 0.25) is 0 Å². The predicted octanol–water partition coefficient (Wildman–Crippen LogP) is 5.48. The van der Waals surface area contributed by atoms with E-state index in [1.165, 1.54) is 76.7 Å². The van der Waals surface area contributed by atoms with Gasteiger partial charge in [0.15, 0.2) is 11.5 Å². The molecule has 0 saturated carbocycles. The Balaban J connectivity index is 2.12. The van der Waals surface area contributed by atoms with Crippen molar-refractivity contribution in [2.75, 3.05) is 13.7 Å². The molecule has 0 spiro atoms. The first-order chi connectivity index (χ1) is 11.7. The highest BCUT2D eigenvalue weighted by molar-refractivity contribution is 5.90. The molecule has 1 aromatic rings. The molecule has 1 N–H and O–H groups in total. The zero-order valence-electron chi connectivity index (χ0n) is 15.2. The number of aromatic hydroxyl groups is 1. The van der Waals surface area contributed by atoms with E-state index in [9.17, 15) is 9.90 Å². The van der Waals surface area contributed by atoms with Crippen LogP contribution in [0, 0.1) is 0 Å². The lowest BCUT2D eigenvalue weighted by Crippen LogP contribution is -2.03. The number of methoxy groups -OCH3 is 1. The second-order valence-electron chi connectivity index (χ2n) is 6.20. The molecule has 0 aliphatic carbocycles. The van der Waals surface area contributed by atoms with Gasteiger partial charge in [-0.15, -0.1) is 0 Å². The first-order valence-electron chi connectivity index (χ1n) is 9.23. The maximum Gasteiger partial charge on any atom is 0.337 e. The van der Waals surface area contributed by atoms with Gasteiger partial charge in [-0.3, -0.25) is 0 Å². The molecule has 0 bridgehead atoms. The lowest BCUT2D eigenvalue weighted by atomic mass is 10.1. The van der Waals surface area contributed by atoms with Gasteiger partial charge >= 0.3 is 5.97 Å². The molecule has 0 unspecified atom stereocenters. The minimum absolute atomic E-state index is 0.0507. The summed E-state index contributed by atoms with van der Waals surface area (Å²) in [5, 5.41) is 9.77. The van der Waals surface area contributed by atoms with E-state index in [0.717, 1.165) is 12.8 Å². The van der Waals surface area contributed by atoms with Crippen LogP contribution in [0.15, 0.2) is 18.2 Å². The summed E-state index contributed by atoms with van der Waals surface area (Å²) in [6.07, 6.45) is 12.7. The van der Waals surface area contributed by atoms with E-state index < -0.39 is 5.97 Å². The fourth-order valence-electron chi connectivity index (χ4n) is 2.65. The molecule has 0 aliphatic heterocycles. The Morgan fingerprint density at radius 3 is 2.12 bits per heavy atom. The van der Waals surface area contributed by atoms with Gasteiger partial charge in [0.25, 0.3) is 0 Å². The number of hydrogen-bond donors (Lipinski definition) is 1. The van der Waals surface area contributed by atoms with Crippen LogP contribution in [-0.4, -0.2) is 24.8 Å². The Labute approximate surface area is 146 Å². The van der Waals surface area contributed by atoms with Gasteiger partial charge in [0.05, 0.1) is 19.3 Å².